The number of hydrogen-bond donors (Lipinski definition) is 1. The van der Waals surface area contributed by atoms with Gasteiger partial charge in [-0.25, -0.2) is 0 Å². The summed E-state index contributed by atoms with van der Waals surface area (Å²) in [4.78, 5) is 11.6. The average Bonchev–Trinajstić information content (AvgIpc) is 2.31. The van der Waals surface area contributed by atoms with Gasteiger partial charge < -0.3 is 10.1 Å². The van der Waals surface area contributed by atoms with E-state index in [-0.39, 0.29) is 18.4 Å². The van der Waals surface area contributed by atoms with Gasteiger partial charge in [0, 0.05) is 18.0 Å². The molecule has 0 spiro atoms. The lowest BCUT2D eigenvalue weighted by atomic mass is 10.0. The van der Waals surface area contributed by atoms with Crippen molar-refractivity contribution in [1.82, 2.24) is 0 Å². The van der Waals surface area contributed by atoms with Crippen molar-refractivity contribution in [2.24, 2.45) is 5.92 Å². The van der Waals surface area contributed by atoms with Crippen molar-refractivity contribution in [3.63, 3.8) is 0 Å². The fourth-order valence-corrected chi connectivity index (χ4v) is 1.90. The number of anilines is 1. The normalized spacial score (nSPS) is 16.3. The molecule has 0 bridgehead atoms. The van der Waals surface area contributed by atoms with E-state index in [1.807, 2.05) is 0 Å². The summed E-state index contributed by atoms with van der Waals surface area (Å²) in [6.45, 7) is 0.702. The molecule has 1 fully saturated rings. The van der Waals surface area contributed by atoms with E-state index in [9.17, 15) is 31.1 Å². The van der Waals surface area contributed by atoms with E-state index < -0.39 is 35.1 Å². The van der Waals surface area contributed by atoms with Crippen LogP contribution in [0, 0.1) is 5.92 Å². The second-order valence-electron chi connectivity index (χ2n) is 4.95. The smallest absolute Gasteiger partial charge is 0.381 e. The topological polar surface area (TPSA) is 38.3 Å². The molecule has 0 aliphatic carbocycles. The largest absolute Gasteiger partial charge is 0.416 e. The summed E-state index contributed by atoms with van der Waals surface area (Å²) in [5, 5.41) is 2.07. The summed E-state index contributed by atoms with van der Waals surface area (Å²) in [6, 6.07) is 0.963. The number of amides is 1. The number of carbonyl (C=O) groups is 1. The standard InChI is InChI=1S/C13H11F6NO2/c14-12(15,16)8-2-9(13(17,18)19)4-10(3-8)20-11(21)1-7-5-22-6-7/h2-4,7H,1,5-6H2,(H,20,21). The minimum absolute atomic E-state index is 0.00935. The van der Waals surface area contributed by atoms with E-state index in [4.69, 9.17) is 4.74 Å². The highest BCUT2D eigenvalue weighted by Crippen LogP contribution is 2.37. The Morgan fingerprint density at radius 3 is 1.91 bits per heavy atom. The molecule has 1 aromatic rings. The molecule has 1 aliphatic rings. The number of rotatable bonds is 3. The first-order valence-corrected chi connectivity index (χ1v) is 6.23. The van der Waals surface area contributed by atoms with Crippen LogP contribution in [-0.2, 0) is 21.9 Å². The SMILES string of the molecule is O=C(CC1COC1)Nc1cc(C(F)(F)F)cc(C(F)(F)F)c1. The zero-order valence-corrected chi connectivity index (χ0v) is 11.0. The van der Waals surface area contributed by atoms with Crippen LogP contribution in [0.2, 0.25) is 0 Å². The monoisotopic (exact) mass is 327 g/mol. The maximum absolute atomic E-state index is 12.7. The molecule has 0 aromatic heterocycles. The lowest BCUT2D eigenvalue weighted by Gasteiger charge is -2.25. The summed E-state index contributed by atoms with van der Waals surface area (Å²) in [6.07, 6.45) is -9.90. The van der Waals surface area contributed by atoms with Gasteiger partial charge in [-0.2, -0.15) is 26.3 Å². The molecular formula is C13H11F6NO2. The van der Waals surface area contributed by atoms with Gasteiger partial charge in [-0.1, -0.05) is 0 Å². The van der Waals surface area contributed by atoms with Gasteiger partial charge in [-0.15, -0.1) is 0 Å². The van der Waals surface area contributed by atoms with Crippen LogP contribution in [0.3, 0.4) is 0 Å². The van der Waals surface area contributed by atoms with E-state index in [0.29, 0.717) is 25.3 Å². The van der Waals surface area contributed by atoms with Crippen LogP contribution in [0.4, 0.5) is 32.0 Å². The predicted octanol–water partition coefficient (Wildman–Crippen LogP) is 3.70. The van der Waals surface area contributed by atoms with Gasteiger partial charge in [0.2, 0.25) is 5.91 Å². The van der Waals surface area contributed by atoms with Gasteiger partial charge in [0.15, 0.2) is 0 Å². The van der Waals surface area contributed by atoms with Gasteiger partial charge in [0.1, 0.15) is 0 Å². The van der Waals surface area contributed by atoms with E-state index in [1.54, 1.807) is 0 Å². The second-order valence-corrected chi connectivity index (χ2v) is 4.95. The van der Waals surface area contributed by atoms with Crippen molar-refractivity contribution in [3.8, 4) is 0 Å². The molecule has 1 N–H and O–H groups in total. The Labute approximate surface area is 121 Å². The Balaban J connectivity index is 2.23. The van der Waals surface area contributed by atoms with Crippen LogP contribution in [0.5, 0.6) is 0 Å². The Bertz CT molecular complexity index is 530. The van der Waals surface area contributed by atoms with Crippen molar-refractivity contribution < 1.29 is 35.9 Å². The molecule has 0 radical (unpaired) electrons. The molecule has 22 heavy (non-hydrogen) atoms. The molecule has 1 saturated heterocycles. The van der Waals surface area contributed by atoms with Crippen molar-refractivity contribution in [1.29, 1.82) is 0 Å². The van der Waals surface area contributed by atoms with E-state index in [2.05, 4.69) is 5.32 Å². The summed E-state index contributed by atoms with van der Waals surface area (Å²) in [5.41, 5.74) is -3.47. The van der Waals surface area contributed by atoms with Crippen LogP contribution in [0.15, 0.2) is 18.2 Å². The zero-order chi connectivity index (χ0) is 16.5. The third-order valence-corrected chi connectivity index (χ3v) is 3.05. The van der Waals surface area contributed by atoms with Crippen molar-refractivity contribution in [2.75, 3.05) is 18.5 Å². The average molecular weight is 327 g/mol. The number of nitrogens with one attached hydrogen (secondary N) is 1. The highest BCUT2D eigenvalue weighted by atomic mass is 19.4. The number of carbonyl (C=O) groups excluding carboxylic acids is 1. The number of ether oxygens (including phenoxy) is 1. The Morgan fingerprint density at radius 2 is 1.55 bits per heavy atom. The van der Waals surface area contributed by atoms with Gasteiger partial charge >= 0.3 is 12.4 Å². The van der Waals surface area contributed by atoms with Crippen LogP contribution in [0.25, 0.3) is 0 Å². The maximum atomic E-state index is 12.7. The lowest BCUT2D eigenvalue weighted by Crippen LogP contribution is -2.31. The molecule has 1 aliphatic heterocycles. The van der Waals surface area contributed by atoms with Gasteiger partial charge in [0.25, 0.3) is 0 Å². The first-order chi connectivity index (χ1) is 10.1. The van der Waals surface area contributed by atoms with Gasteiger partial charge in [-0.3, -0.25) is 4.79 Å². The number of benzene rings is 1. The van der Waals surface area contributed by atoms with Crippen LogP contribution in [0.1, 0.15) is 17.5 Å². The van der Waals surface area contributed by atoms with Crippen LogP contribution < -0.4 is 5.32 Å². The summed E-state index contributed by atoms with van der Waals surface area (Å²) < 4.78 is 80.7. The second kappa shape index (κ2) is 5.79. The minimum atomic E-state index is -4.94. The van der Waals surface area contributed by atoms with Crippen LogP contribution >= 0.6 is 0 Å². The van der Waals surface area contributed by atoms with Crippen LogP contribution in [-0.4, -0.2) is 19.1 Å². The molecule has 0 saturated carbocycles. The molecule has 9 heteroatoms. The quantitative estimate of drug-likeness (QED) is 0.860. The molecule has 1 heterocycles. The highest BCUT2D eigenvalue weighted by Gasteiger charge is 2.37. The third kappa shape index (κ3) is 4.12. The molecule has 1 aromatic carbocycles. The molecule has 1 amide bonds. The lowest BCUT2D eigenvalue weighted by molar-refractivity contribution is -0.143. The summed E-state index contributed by atoms with van der Waals surface area (Å²) in [7, 11) is 0. The zero-order valence-electron chi connectivity index (χ0n) is 11.0. The molecular weight excluding hydrogens is 316 g/mol. The highest BCUT2D eigenvalue weighted by molar-refractivity contribution is 5.91. The van der Waals surface area contributed by atoms with Gasteiger partial charge in [-0.05, 0) is 18.2 Å². The number of hydrogen-bond acceptors (Lipinski definition) is 2. The molecule has 122 valence electrons. The first-order valence-electron chi connectivity index (χ1n) is 6.23. The number of alkyl halides is 6. The number of halogens is 6. The van der Waals surface area contributed by atoms with E-state index in [1.165, 1.54) is 0 Å². The molecule has 3 nitrogen and oxygen atoms in total. The predicted molar refractivity (Wildman–Crippen MR) is 64.0 cm³/mol. The molecule has 2 rings (SSSR count). The van der Waals surface area contributed by atoms with Crippen molar-refractivity contribution >= 4 is 11.6 Å². The molecule has 0 atom stereocenters. The van der Waals surface area contributed by atoms with Crippen molar-refractivity contribution in [2.45, 2.75) is 18.8 Å². The Morgan fingerprint density at radius 1 is 1.05 bits per heavy atom. The Hall–Kier alpha value is -1.77. The van der Waals surface area contributed by atoms with E-state index in [0.717, 1.165) is 0 Å². The third-order valence-electron chi connectivity index (χ3n) is 3.05. The summed E-state index contributed by atoms with van der Waals surface area (Å²) >= 11 is 0. The first kappa shape index (κ1) is 16.6. The maximum Gasteiger partial charge on any atom is 0.416 e. The Kier molecular flexibility index (Phi) is 4.37. The fourth-order valence-electron chi connectivity index (χ4n) is 1.90. The molecule has 0 unspecified atom stereocenters. The summed E-state index contributed by atoms with van der Waals surface area (Å²) in [5.74, 6) is -0.714. The fraction of sp³-hybridized carbons (Fsp3) is 0.462. The van der Waals surface area contributed by atoms with E-state index >= 15 is 0 Å². The van der Waals surface area contributed by atoms with Gasteiger partial charge in [0.05, 0.1) is 24.3 Å². The van der Waals surface area contributed by atoms with Crippen molar-refractivity contribution in [3.05, 3.63) is 29.3 Å². The minimum Gasteiger partial charge on any atom is -0.381 e.